The fraction of sp³-hybridized carbons (Fsp3) is 0.364. The highest BCUT2D eigenvalue weighted by molar-refractivity contribution is 6.33. The Balaban J connectivity index is 2.73. The van der Waals surface area contributed by atoms with Crippen molar-refractivity contribution in [3.8, 4) is 5.75 Å². The Labute approximate surface area is 99.5 Å². The van der Waals surface area contributed by atoms with Gasteiger partial charge in [0.05, 0.1) is 24.3 Å². The summed E-state index contributed by atoms with van der Waals surface area (Å²) in [7, 11) is 3.11. The van der Waals surface area contributed by atoms with E-state index in [1.54, 1.807) is 25.3 Å². The molecule has 1 N–H and O–H groups in total. The van der Waals surface area contributed by atoms with Crippen LogP contribution in [0.4, 0.5) is 0 Å². The Morgan fingerprint density at radius 3 is 2.81 bits per heavy atom. The molecule has 4 nitrogen and oxygen atoms in total. The van der Waals surface area contributed by atoms with E-state index in [0.29, 0.717) is 29.5 Å². The number of ether oxygens (including phenoxy) is 2. The van der Waals surface area contributed by atoms with Crippen LogP contribution in [0.1, 0.15) is 10.4 Å². The number of halogens is 1. The number of nitrogens with one attached hydrogen (secondary N) is 1. The van der Waals surface area contributed by atoms with E-state index < -0.39 is 0 Å². The highest BCUT2D eigenvalue weighted by atomic mass is 35.5. The molecule has 0 radical (unpaired) electrons. The molecule has 0 aliphatic rings. The van der Waals surface area contributed by atoms with Crippen molar-refractivity contribution in [3.05, 3.63) is 28.8 Å². The van der Waals surface area contributed by atoms with Gasteiger partial charge in [-0.1, -0.05) is 11.6 Å². The summed E-state index contributed by atoms with van der Waals surface area (Å²) < 4.78 is 9.85. The first-order valence-electron chi connectivity index (χ1n) is 4.79. The lowest BCUT2D eigenvalue weighted by Crippen LogP contribution is -2.27. The van der Waals surface area contributed by atoms with Gasteiger partial charge in [-0.15, -0.1) is 0 Å². The Morgan fingerprint density at radius 2 is 2.19 bits per heavy atom. The van der Waals surface area contributed by atoms with Crippen LogP contribution in [0.15, 0.2) is 18.2 Å². The first-order chi connectivity index (χ1) is 7.69. The van der Waals surface area contributed by atoms with E-state index >= 15 is 0 Å². The molecule has 0 saturated carbocycles. The second-order valence-electron chi connectivity index (χ2n) is 3.09. The molecule has 0 spiro atoms. The van der Waals surface area contributed by atoms with E-state index in [0.717, 1.165) is 0 Å². The molecular weight excluding hydrogens is 230 g/mol. The van der Waals surface area contributed by atoms with Crippen LogP contribution in [0.25, 0.3) is 0 Å². The predicted octanol–water partition coefficient (Wildman–Crippen LogP) is 1.72. The Bertz CT molecular complexity index is 368. The lowest BCUT2D eigenvalue weighted by atomic mass is 10.2. The summed E-state index contributed by atoms with van der Waals surface area (Å²) in [5, 5.41) is 3.09. The van der Waals surface area contributed by atoms with Crippen molar-refractivity contribution < 1.29 is 14.3 Å². The Morgan fingerprint density at radius 1 is 1.44 bits per heavy atom. The minimum Gasteiger partial charge on any atom is -0.497 e. The molecule has 0 aliphatic carbocycles. The summed E-state index contributed by atoms with van der Waals surface area (Å²) in [6, 6.07) is 4.93. The molecule has 16 heavy (non-hydrogen) atoms. The van der Waals surface area contributed by atoms with Crippen LogP contribution in [-0.2, 0) is 4.74 Å². The summed E-state index contributed by atoms with van der Waals surface area (Å²) in [5.74, 6) is 0.363. The van der Waals surface area contributed by atoms with Gasteiger partial charge in [0.1, 0.15) is 5.75 Å². The minimum atomic E-state index is -0.235. The maximum atomic E-state index is 11.7. The predicted molar refractivity (Wildman–Crippen MR) is 62.2 cm³/mol. The topological polar surface area (TPSA) is 47.6 Å². The van der Waals surface area contributed by atoms with Gasteiger partial charge < -0.3 is 14.8 Å². The monoisotopic (exact) mass is 243 g/mol. The van der Waals surface area contributed by atoms with Crippen molar-refractivity contribution in [3.63, 3.8) is 0 Å². The third-order valence-electron chi connectivity index (χ3n) is 2.01. The maximum Gasteiger partial charge on any atom is 0.253 e. The molecule has 0 saturated heterocycles. The van der Waals surface area contributed by atoms with Crippen LogP contribution in [0, 0.1) is 0 Å². The number of rotatable bonds is 5. The summed E-state index contributed by atoms with van der Waals surface area (Å²) in [4.78, 5) is 11.7. The van der Waals surface area contributed by atoms with Gasteiger partial charge >= 0.3 is 0 Å². The quantitative estimate of drug-likeness (QED) is 0.802. The lowest BCUT2D eigenvalue weighted by molar-refractivity contribution is 0.0937. The maximum absolute atomic E-state index is 11.7. The van der Waals surface area contributed by atoms with E-state index in [-0.39, 0.29) is 5.91 Å². The summed E-state index contributed by atoms with van der Waals surface area (Å²) >= 11 is 5.91. The van der Waals surface area contributed by atoms with E-state index in [1.807, 2.05) is 0 Å². The zero-order valence-electron chi connectivity index (χ0n) is 9.25. The van der Waals surface area contributed by atoms with E-state index in [2.05, 4.69) is 5.32 Å². The number of carbonyl (C=O) groups is 1. The molecule has 0 atom stereocenters. The van der Waals surface area contributed by atoms with Crippen LogP contribution in [0.5, 0.6) is 5.75 Å². The average Bonchev–Trinajstić information content (AvgIpc) is 2.30. The molecule has 1 amide bonds. The van der Waals surface area contributed by atoms with Crippen molar-refractivity contribution >= 4 is 17.5 Å². The van der Waals surface area contributed by atoms with Crippen LogP contribution < -0.4 is 10.1 Å². The Kier molecular flexibility index (Phi) is 5.08. The molecule has 1 aromatic rings. The van der Waals surface area contributed by atoms with Gasteiger partial charge in [-0.25, -0.2) is 0 Å². The highest BCUT2D eigenvalue weighted by Crippen LogP contribution is 2.21. The molecule has 0 fully saturated rings. The van der Waals surface area contributed by atoms with Gasteiger partial charge in [-0.2, -0.15) is 0 Å². The van der Waals surface area contributed by atoms with Crippen molar-refractivity contribution in [1.82, 2.24) is 5.32 Å². The van der Waals surface area contributed by atoms with Crippen molar-refractivity contribution in [2.24, 2.45) is 0 Å². The molecule has 0 unspecified atom stereocenters. The lowest BCUT2D eigenvalue weighted by Gasteiger charge is -2.07. The molecule has 1 rings (SSSR count). The average molecular weight is 244 g/mol. The molecule has 0 heterocycles. The fourth-order valence-corrected chi connectivity index (χ4v) is 1.37. The number of hydrogen-bond donors (Lipinski definition) is 1. The third-order valence-corrected chi connectivity index (χ3v) is 2.34. The van der Waals surface area contributed by atoms with Gasteiger partial charge in [0.25, 0.3) is 5.91 Å². The summed E-state index contributed by atoms with van der Waals surface area (Å²) in [6.45, 7) is 0.913. The van der Waals surface area contributed by atoms with Gasteiger partial charge in [0.2, 0.25) is 0 Å². The van der Waals surface area contributed by atoms with E-state index in [1.165, 1.54) is 7.11 Å². The number of benzene rings is 1. The van der Waals surface area contributed by atoms with Crippen molar-refractivity contribution in [1.29, 1.82) is 0 Å². The normalized spacial score (nSPS) is 9.94. The largest absolute Gasteiger partial charge is 0.497 e. The molecule has 1 aromatic carbocycles. The van der Waals surface area contributed by atoms with Gasteiger partial charge in [0.15, 0.2) is 0 Å². The van der Waals surface area contributed by atoms with Crippen LogP contribution in [-0.4, -0.2) is 33.3 Å². The standard InChI is InChI=1S/C11H14ClNO3/c1-15-6-5-13-11(14)9-7-8(16-2)3-4-10(9)12/h3-4,7H,5-6H2,1-2H3,(H,13,14). The van der Waals surface area contributed by atoms with Crippen LogP contribution in [0.2, 0.25) is 5.02 Å². The Hall–Kier alpha value is -1.26. The second-order valence-corrected chi connectivity index (χ2v) is 3.50. The fourth-order valence-electron chi connectivity index (χ4n) is 1.17. The minimum absolute atomic E-state index is 0.235. The smallest absolute Gasteiger partial charge is 0.253 e. The van der Waals surface area contributed by atoms with E-state index in [9.17, 15) is 4.79 Å². The van der Waals surface area contributed by atoms with Crippen LogP contribution >= 0.6 is 11.6 Å². The SMILES string of the molecule is COCCNC(=O)c1cc(OC)ccc1Cl. The zero-order chi connectivity index (χ0) is 12.0. The van der Waals surface area contributed by atoms with Gasteiger partial charge in [-0.05, 0) is 18.2 Å². The number of hydrogen-bond acceptors (Lipinski definition) is 3. The van der Waals surface area contributed by atoms with Crippen molar-refractivity contribution in [2.45, 2.75) is 0 Å². The highest BCUT2D eigenvalue weighted by Gasteiger charge is 2.10. The van der Waals surface area contributed by atoms with Crippen molar-refractivity contribution in [2.75, 3.05) is 27.4 Å². The second kappa shape index (κ2) is 6.35. The summed E-state index contributed by atoms with van der Waals surface area (Å²) in [6.07, 6.45) is 0. The third kappa shape index (κ3) is 3.40. The summed E-state index contributed by atoms with van der Waals surface area (Å²) in [5.41, 5.74) is 0.400. The number of carbonyl (C=O) groups excluding carboxylic acids is 1. The van der Waals surface area contributed by atoms with Gasteiger partial charge in [0, 0.05) is 13.7 Å². The molecule has 88 valence electrons. The van der Waals surface area contributed by atoms with Gasteiger partial charge in [-0.3, -0.25) is 4.79 Å². The first kappa shape index (κ1) is 12.8. The molecule has 0 aromatic heterocycles. The first-order valence-corrected chi connectivity index (χ1v) is 5.17. The zero-order valence-corrected chi connectivity index (χ0v) is 10.0. The number of amides is 1. The molecule has 5 heteroatoms. The number of methoxy groups -OCH3 is 2. The van der Waals surface area contributed by atoms with E-state index in [4.69, 9.17) is 21.1 Å². The molecule has 0 bridgehead atoms. The van der Waals surface area contributed by atoms with Crippen LogP contribution in [0.3, 0.4) is 0 Å². The molecular formula is C11H14ClNO3. The molecule has 0 aliphatic heterocycles.